The number of carboxylic acid groups (broad SMARTS) is 1. The first-order chi connectivity index (χ1) is 9.09. The minimum Gasteiger partial charge on any atom is -0.477 e. The second-order valence-electron chi connectivity index (χ2n) is 3.82. The van der Waals surface area contributed by atoms with Crippen molar-refractivity contribution in [2.24, 2.45) is 5.73 Å². The summed E-state index contributed by atoms with van der Waals surface area (Å²) >= 11 is 4.04. The van der Waals surface area contributed by atoms with Gasteiger partial charge in [-0.3, -0.25) is 9.69 Å². The Hall–Kier alpha value is -0.810. The second-order valence-corrected chi connectivity index (χ2v) is 7.10. The Bertz CT molecular complexity index is 579. The number of carboxylic acids is 1. The van der Waals surface area contributed by atoms with Crippen LogP contribution < -0.4 is 5.73 Å². The van der Waals surface area contributed by atoms with Gasteiger partial charge in [-0.2, -0.15) is 0 Å². The third-order valence-corrected chi connectivity index (χ3v) is 6.07. The van der Waals surface area contributed by atoms with Crippen LogP contribution in [0.15, 0.2) is 20.5 Å². The van der Waals surface area contributed by atoms with Crippen molar-refractivity contribution in [3.05, 3.63) is 16.1 Å². The average Bonchev–Trinajstić information content (AvgIpc) is 2.89. The lowest BCUT2D eigenvalue weighted by molar-refractivity contribution is -0.147. The summed E-state index contributed by atoms with van der Waals surface area (Å²) in [6.07, 6.45) is 0. The molecule has 1 aromatic heterocycles. The highest BCUT2D eigenvalue weighted by molar-refractivity contribution is 8.07. The normalized spacial score (nSPS) is 24.9. The van der Waals surface area contributed by atoms with Crippen LogP contribution in [-0.4, -0.2) is 49.2 Å². The van der Waals surface area contributed by atoms with Gasteiger partial charge in [-0.05, 0) is 0 Å². The van der Waals surface area contributed by atoms with E-state index in [9.17, 15) is 14.7 Å². The smallest absolute Gasteiger partial charge is 0.353 e. The molecule has 0 saturated carbocycles. The zero-order valence-corrected chi connectivity index (χ0v) is 13.0. The fourth-order valence-corrected chi connectivity index (χ4v) is 4.94. The lowest BCUT2D eigenvalue weighted by Crippen LogP contribution is -2.68. The van der Waals surface area contributed by atoms with Gasteiger partial charge in [0, 0.05) is 10.7 Å². The molecule has 0 unspecified atom stereocenters. The van der Waals surface area contributed by atoms with E-state index in [0.717, 1.165) is 0 Å². The van der Waals surface area contributed by atoms with Gasteiger partial charge in [0.25, 0.3) is 0 Å². The van der Waals surface area contributed by atoms with Crippen LogP contribution >= 0.6 is 47.3 Å². The summed E-state index contributed by atoms with van der Waals surface area (Å²) in [4.78, 5) is 25.0. The molecule has 1 amide bonds. The number of carbonyl (C=O) groups excluding carboxylic acids is 1. The first-order valence-electron chi connectivity index (χ1n) is 5.20. The van der Waals surface area contributed by atoms with E-state index in [2.05, 4.69) is 10.2 Å². The summed E-state index contributed by atoms with van der Waals surface area (Å²) in [5.41, 5.74) is 7.27. The number of β-lactam (4-membered cyclic amide) rings is 1. The minimum absolute atomic E-state index is 0. The molecule has 0 spiro atoms. The number of hydrogen-bond donors (Lipinski definition) is 2. The summed E-state index contributed by atoms with van der Waals surface area (Å²) in [5, 5.41) is 16.6. The van der Waals surface area contributed by atoms with Gasteiger partial charge in [-0.15, -0.1) is 34.4 Å². The van der Waals surface area contributed by atoms with Crippen molar-refractivity contribution in [3.63, 3.8) is 0 Å². The molecule has 2 atom stereocenters. The summed E-state index contributed by atoms with van der Waals surface area (Å²) in [5.74, 6) is -0.948. The summed E-state index contributed by atoms with van der Waals surface area (Å²) in [6.45, 7) is 0. The molecule has 3 N–H and O–H groups in total. The Balaban J connectivity index is 0.00000147. The molecule has 0 aromatic carbocycles. The van der Waals surface area contributed by atoms with E-state index in [1.54, 1.807) is 5.51 Å². The second kappa shape index (κ2) is 5.90. The highest BCUT2D eigenvalue weighted by Crippen LogP contribution is 2.44. The van der Waals surface area contributed by atoms with Crippen molar-refractivity contribution in [2.75, 3.05) is 5.75 Å². The maximum absolute atomic E-state index is 11.7. The van der Waals surface area contributed by atoms with Crippen LogP contribution in [0.5, 0.6) is 0 Å². The van der Waals surface area contributed by atoms with Crippen LogP contribution in [0.25, 0.3) is 0 Å². The quantitative estimate of drug-likeness (QED) is 0.761. The van der Waals surface area contributed by atoms with Crippen LogP contribution in [0, 0.1) is 0 Å². The Morgan fingerprint density at radius 2 is 2.35 bits per heavy atom. The molecule has 2 aliphatic rings. The van der Waals surface area contributed by atoms with Crippen molar-refractivity contribution in [1.82, 2.24) is 15.1 Å². The molecule has 20 heavy (non-hydrogen) atoms. The number of fused-ring (bicyclic) bond motifs is 1. The largest absolute Gasteiger partial charge is 0.477 e. The van der Waals surface area contributed by atoms with Crippen molar-refractivity contribution >= 4 is 59.1 Å². The molecule has 3 heterocycles. The number of rotatable bonds is 3. The summed E-state index contributed by atoms with van der Waals surface area (Å²) in [7, 11) is 0. The molecule has 0 radical (unpaired) electrons. The Kier molecular flexibility index (Phi) is 4.59. The van der Waals surface area contributed by atoms with Gasteiger partial charge in [0.2, 0.25) is 5.91 Å². The third-order valence-electron chi connectivity index (χ3n) is 2.73. The number of thioether (sulfide) groups is 2. The number of amides is 1. The number of nitrogens with two attached hydrogens (primary N) is 1. The van der Waals surface area contributed by atoms with Crippen molar-refractivity contribution in [3.8, 4) is 0 Å². The van der Waals surface area contributed by atoms with E-state index in [1.165, 1.54) is 39.8 Å². The monoisotopic (exact) mass is 352 g/mol. The minimum atomic E-state index is -1.11. The summed E-state index contributed by atoms with van der Waals surface area (Å²) in [6, 6.07) is -0.604. The molecule has 1 aromatic rings. The standard InChI is InChI=1S/C9H8N4O3S3.ClH/c10-4-6(14)13-5(8(15)16)3(1-17-7(4)13)19-9-12-11-2-18-9;/h2,4,7H,1,10H2,(H,15,16);1H/t4-,7+;/m1./s1. The Morgan fingerprint density at radius 1 is 1.60 bits per heavy atom. The van der Waals surface area contributed by atoms with E-state index in [4.69, 9.17) is 5.73 Å². The molecular weight excluding hydrogens is 344 g/mol. The Morgan fingerprint density at radius 3 is 2.95 bits per heavy atom. The van der Waals surface area contributed by atoms with Gasteiger partial charge in [0.1, 0.15) is 22.6 Å². The fourth-order valence-electron chi connectivity index (χ4n) is 1.88. The number of carbonyl (C=O) groups is 2. The average molecular weight is 353 g/mol. The van der Waals surface area contributed by atoms with Gasteiger partial charge >= 0.3 is 5.97 Å². The molecule has 0 bridgehead atoms. The van der Waals surface area contributed by atoms with Crippen LogP contribution in [0.1, 0.15) is 0 Å². The van der Waals surface area contributed by atoms with Crippen molar-refractivity contribution in [2.45, 2.75) is 15.8 Å². The molecule has 0 aliphatic carbocycles. The van der Waals surface area contributed by atoms with E-state index in [0.29, 0.717) is 15.0 Å². The van der Waals surface area contributed by atoms with Crippen LogP contribution in [-0.2, 0) is 9.59 Å². The highest BCUT2D eigenvalue weighted by atomic mass is 35.5. The first kappa shape index (κ1) is 15.6. The van der Waals surface area contributed by atoms with Gasteiger partial charge in [0.15, 0.2) is 4.34 Å². The number of aromatic nitrogens is 2. The molecule has 1 fully saturated rings. The zero-order chi connectivity index (χ0) is 13.6. The maximum Gasteiger partial charge on any atom is 0.353 e. The predicted octanol–water partition coefficient (Wildman–Crippen LogP) is 0.591. The number of aliphatic carboxylic acids is 1. The molecule has 3 rings (SSSR count). The third kappa shape index (κ3) is 2.42. The number of halogens is 1. The van der Waals surface area contributed by atoms with E-state index in [1.807, 2.05) is 0 Å². The van der Waals surface area contributed by atoms with E-state index in [-0.39, 0.29) is 29.4 Å². The van der Waals surface area contributed by atoms with Crippen molar-refractivity contribution in [1.29, 1.82) is 0 Å². The lowest BCUT2D eigenvalue weighted by atomic mass is 10.1. The fraction of sp³-hybridized carbons (Fsp3) is 0.333. The van der Waals surface area contributed by atoms with Gasteiger partial charge in [-0.25, -0.2) is 4.79 Å². The molecule has 7 nitrogen and oxygen atoms in total. The van der Waals surface area contributed by atoms with Crippen LogP contribution in [0.4, 0.5) is 0 Å². The van der Waals surface area contributed by atoms with E-state index >= 15 is 0 Å². The molecular formula is C9H9ClN4O3S3. The molecule has 11 heteroatoms. The highest BCUT2D eigenvalue weighted by Gasteiger charge is 2.51. The lowest BCUT2D eigenvalue weighted by Gasteiger charge is -2.47. The van der Waals surface area contributed by atoms with E-state index < -0.39 is 12.0 Å². The van der Waals surface area contributed by atoms with Gasteiger partial charge in [0.05, 0.1) is 0 Å². The number of hydrogen-bond acceptors (Lipinski definition) is 8. The van der Waals surface area contributed by atoms with Gasteiger partial charge < -0.3 is 10.8 Å². The summed E-state index contributed by atoms with van der Waals surface area (Å²) < 4.78 is 0.657. The molecule has 108 valence electrons. The first-order valence-corrected chi connectivity index (χ1v) is 7.95. The SMILES string of the molecule is Cl.N[C@@H]1C(=O)N2C(C(=O)O)=C(Sc3nncs3)CS[C@@H]12. The van der Waals surface area contributed by atoms with Crippen molar-refractivity contribution < 1.29 is 14.7 Å². The van der Waals surface area contributed by atoms with Crippen LogP contribution in [0.2, 0.25) is 0 Å². The van der Waals surface area contributed by atoms with Crippen LogP contribution in [0.3, 0.4) is 0 Å². The Labute approximate surface area is 132 Å². The van der Waals surface area contributed by atoms with Gasteiger partial charge in [-0.1, -0.05) is 23.1 Å². The maximum atomic E-state index is 11.7. The topological polar surface area (TPSA) is 109 Å². The predicted molar refractivity (Wildman–Crippen MR) is 78.7 cm³/mol. The molecule has 1 saturated heterocycles. The zero-order valence-electron chi connectivity index (χ0n) is 9.75. The number of nitrogens with zero attached hydrogens (tertiary/aromatic N) is 3. The molecule has 2 aliphatic heterocycles.